The Bertz CT molecular complexity index is 758. The van der Waals surface area contributed by atoms with Gasteiger partial charge in [0.05, 0.1) is 21.3 Å². The van der Waals surface area contributed by atoms with Crippen molar-refractivity contribution >= 4 is 11.8 Å². The van der Waals surface area contributed by atoms with Gasteiger partial charge in [-0.25, -0.2) is 0 Å². The van der Waals surface area contributed by atoms with Crippen LogP contribution in [0.1, 0.15) is 21.5 Å². The maximum atomic E-state index is 13.0. The summed E-state index contributed by atoms with van der Waals surface area (Å²) in [5.74, 6) is -0.869. The van der Waals surface area contributed by atoms with Crippen molar-refractivity contribution in [1.29, 1.82) is 0 Å². The summed E-state index contributed by atoms with van der Waals surface area (Å²) in [5.41, 5.74) is 1.94. The molecule has 0 saturated carbocycles. The molecule has 2 aromatic rings. The second kappa shape index (κ2) is 8.28. The molecule has 132 valence electrons. The number of methoxy groups -OCH3 is 3. The number of aromatic nitrogens is 1. The molecule has 0 fully saturated rings. The molecule has 2 rings (SSSR count). The fourth-order valence-electron chi connectivity index (χ4n) is 2.61. The SMILES string of the molecule is COC(=O)C(Cc1ccncc1)C(=O)c1cc(OC)c(OC)cc1C. The van der Waals surface area contributed by atoms with Crippen LogP contribution >= 0.6 is 0 Å². The highest BCUT2D eigenvalue weighted by atomic mass is 16.5. The molecule has 6 nitrogen and oxygen atoms in total. The summed E-state index contributed by atoms with van der Waals surface area (Å²) in [5, 5.41) is 0. The molecule has 0 N–H and O–H groups in total. The molecule has 0 aliphatic heterocycles. The molecule has 0 radical (unpaired) electrons. The molecule has 0 amide bonds. The van der Waals surface area contributed by atoms with E-state index < -0.39 is 11.9 Å². The van der Waals surface area contributed by atoms with Crippen molar-refractivity contribution in [1.82, 2.24) is 4.98 Å². The number of nitrogens with zero attached hydrogens (tertiary/aromatic N) is 1. The number of Topliss-reactive ketones (excluding diaryl/α,β-unsaturated/α-hetero) is 1. The normalized spacial score (nSPS) is 11.5. The van der Waals surface area contributed by atoms with E-state index in [1.165, 1.54) is 21.3 Å². The molecule has 0 bridgehead atoms. The van der Waals surface area contributed by atoms with Gasteiger partial charge in [0.25, 0.3) is 0 Å². The van der Waals surface area contributed by atoms with Crippen LogP contribution in [-0.2, 0) is 16.0 Å². The number of aryl methyl sites for hydroxylation is 1. The van der Waals surface area contributed by atoms with Crippen molar-refractivity contribution in [3.63, 3.8) is 0 Å². The highest BCUT2D eigenvalue weighted by Crippen LogP contribution is 2.32. The molecule has 1 atom stereocenters. The molecule has 0 saturated heterocycles. The van der Waals surface area contributed by atoms with Crippen LogP contribution in [0.4, 0.5) is 0 Å². The lowest BCUT2D eigenvalue weighted by Crippen LogP contribution is -2.28. The number of rotatable bonds is 7. The molecule has 1 aromatic heterocycles. The summed E-state index contributed by atoms with van der Waals surface area (Å²) in [4.78, 5) is 29.2. The molecule has 1 heterocycles. The number of benzene rings is 1. The monoisotopic (exact) mass is 343 g/mol. The second-order valence-corrected chi connectivity index (χ2v) is 5.52. The minimum Gasteiger partial charge on any atom is -0.493 e. The van der Waals surface area contributed by atoms with Crippen LogP contribution in [0, 0.1) is 12.8 Å². The van der Waals surface area contributed by atoms with E-state index in [2.05, 4.69) is 4.98 Å². The fourth-order valence-corrected chi connectivity index (χ4v) is 2.61. The fraction of sp³-hybridized carbons (Fsp3) is 0.316. The van der Waals surface area contributed by atoms with Crippen LogP contribution in [-0.4, -0.2) is 38.1 Å². The molecule has 1 unspecified atom stereocenters. The first kappa shape index (κ1) is 18.4. The number of pyridine rings is 1. The Balaban J connectivity index is 2.41. The lowest BCUT2D eigenvalue weighted by molar-refractivity contribution is -0.143. The van der Waals surface area contributed by atoms with Crippen molar-refractivity contribution in [2.24, 2.45) is 5.92 Å². The Kier molecular flexibility index (Phi) is 6.11. The minimum atomic E-state index is -0.941. The van der Waals surface area contributed by atoms with Gasteiger partial charge in [0.1, 0.15) is 5.92 Å². The van der Waals surface area contributed by atoms with Crippen molar-refractivity contribution < 1.29 is 23.8 Å². The van der Waals surface area contributed by atoms with Crippen molar-refractivity contribution in [3.05, 3.63) is 53.3 Å². The predicted molar refractivity (Wildman–Crippen MR) is 92.1 cm³/mol. The zero-order valence-corrected chi connectivity index (χ0v) is 14.7. The topological polar surface area (TPSA) is 74.7 Å². The maximum absolute atomic E-state index is 13.0. The summed E-state index contributed by atoms with van der Waals surface area (Å²) in [6, 6.07) is 6.85. The molecule has 0 spiro atoms. The van der Waals surface area contributed by atoms with E-state index in [0.717, 1.165) is 5.56 Å². The standard InChI is InChI=1S/C19H21NO5/c1-12-9-16(23-2)17(24-3)11-14(12)18(21)15(19(22)25-4)10-13-5-7-20-8-6-13/h5-9,11,15H,10H2,1-4H3. The van der Waals surface area contributed by atoms with Gasteiger partial charge < -0.3 is 14.2 Å². The number of ether oxygens (including phenoxy) is 3. The number of carbonyl (C=O) groups excluding carboxylic acids is 2. The van der Waals surface area contributed by atoms with Gasteiger partial charge in [-0.15, -0.1) is 0 Å². The Morgan fingerprint density at radius 3 is 2.20 bits per heavy atom. The maximum Gasteiger partial charge on any atom is 0.316 e. The average molecular weight is 343 g/mol. The first-order valence-corrected chi connectivity index (χ1v) is 7.75. The molecular weight excluding hydrogens is 322 g/mol. The Labute approximate surface area is 146 Å². The Morgan fingerprint density at radius 1 is 1.04 bits per heavy atom. The van der Waals surface area contributed by atoms with E-state index >= 15 is 0 Å². The average Bonchev–Trinajstić information content (AvgIpc) is 2.65. The zero-order chi connectivity index (χ0) is 18.4. The van der Waals surface area contributed by atoms with E-state index in [-0.39, 0.29) is 12.2 Å². The van der Waals surface area contributed by atoms with Gasteiger partial charge in [0, 0.05) is 18.0 Å². The summed E-state index contributed by atoms with van der Waals surface area (Å²) in [6.07, 6.45) is 3.48. The van der Waals surface area contributed by atoms with Crippen LogP contribution in [0.25, 0.3) is 0 Å². The molecule has 6 heteroatoms. The Morgan fingerprint density at radius 2 is 1.64 bits per heavy atom. The highest BCUT2D eigenvalue weighted by Gasteiger charge is 2.30. The first-order valence-electron chi connectivity index (χ1n) is 7.75. The van der Waals surface area contributed by atoms with Gasteiger partial charge in [0.2, 0.25) is 0 Å². The van der Waals surface area contributed by atoms with E-state index in [1.807, 2.05) is 0 Å². The molecular formula is C19H21NO5. The lowest BCUT2D eigenvalue weighted by atomic mass is 9.89. The van der Waals surface area contributed by atoms with Gasteiger partial charge in [-0.1, -0.05) is 0 Å². The summed E-state index contributed by atoms with van der Waals surface area (Å²) >= 11 is 0. The number of hydrogen-bond acceptors (Lipinski definition) is 6. The minimum absolute atomic E-state index is 0.238. The third-order valence-corrected chi connectivity index (χ3v) is 3.99. The van der Waals surface area contributed by atoms with Crippen molar-refractivity contribution in [2.75, 3.05) is 21.3 Å². The van der Waals surface area contributed by atoms with Crippen LogP contribution in [0.15, 0.2) is 36.7 Å². The molecule has 25 heavy (non-hydrogen) atoms. The molecule has 0 aliphatic carbocycles. The first-order chi connectivity index (χ1) is 12.0. The van der Waals surface area contributed by atoms with Gasteiger partial charge >= 0.3 is 5.97 Å². The predicted octanol–water partition coefficient (Wildman–Crippen LogP) is 2.62. The van der Waals surface area contributed by atoms with Crippen molar-refractivity contribution in [3.8, 4) is 11.5 Å². The van der Waals surface area contributed by atoms with Gasteiger partial charge in [-0.05, 0) is 48.7 Å². The Hall–Kier alpha value is -2.89. The summed E-state index contributed by atoms with van der Waals surface area (Å²) in [7, 11) is 4.30. The van der Waals surface area contributed by atoms with E-state index in [9.17, 15) is 9.59 Å². The second-order valence-electron chi connectivity index (χ2n) is 5.52. The number of ketones is 1. The third-order valence-electron chi connectivity index (χ3n) is 3.99. The van der Waals surface area contributed by atoms with Gasteiger partial charge in [-0.2, -0.15) is 0 Å². The largest absolute Gasteiger partial charge is 0.493 e. The number of hydrogen-bond donors (Lipinski definition) is 0. The smallest absolute Gasteiger partial charge is 0.316 e. The van der Waals surface area contributed by atoms with Crippen molar-refractivity contribution in [2.45, 2.75) is 13.3 Å². The molecule has 1 aromatic carbocycles. The quantitative estimate of drug-likeness (QED) is 0.437. The van der Waals surface area contributed by atoms with Gasteiger partial charge in [0.15, 0.2) is 17.3 Å². The third kappa shape index (κ3) is 4.15. The molecule has 0 aliphatic rings. The van der Waals surface area contributed by atoms with E-state index in [1.54, 1.807) is 43.6 Å². The van der Waals surface area contributed by atoms with E-state index in [4.69, 9.17) is 14.2 Å². The zero-order valence-electron chi connectivity index (χ0n) is 14.7. The van der Waals surface area contributed by atoms with Crippen LogP contribution in [0.2, 0.25) is 0 Å². The van der Waals surface area contributed by atoms with Crippen LogP contribution in [0.3, 0.4) is 0 Å². The van der Waals surface area contributed by atoms with Gasteiger partial charge in [-0.3, -0.25) is 14.6 Å². The summed E-state index contributed by atoms with van der Waals surface area (Å²) < 4.78 is 15.3. The summed E-state index contributed by atoms with van der Waals surface area (Å²) in [6.45, 7) is 1.79. The number of esters is 1. The van der Waals surface area contributed by atoms with E-state index in [0.29, 0.717) is 22.6 Å². The lowest BCUT2D eigenvalue weighted by Gasteiger charge is -2.17. The van der Waals surface area contributed by atoms with Crippen LogP contribution < -0.4 is 9.47 Å². The number of carbonyl (C=O) groups is 2. The van der Waals surface area contributed by atoms with Crippen LogP contribution in [0.5, 0.6) is 11.5 Å². The highest BCUT2D eigenvalue weighted by molar-refractivity contribution is 6.09.